The van der Waals surface area contributed by atoms with Crippen LogP contribution in [0, 0.1) is 23.7 Å². The average Bonchev–Trinajstić information content (AvgIpc) is 3.76. The van der Waals surface area contributed by atoms with Crippen LogP contribution < -0.4 is 4.90 Å². The maximum absolute atomic E-state index is 6.43. The van der Waals surface area contributed by atoms with Gasteiger partial charge in [0.25, 0.3) is 0 Å². The number of hydrogen-bond acceptors (Lipinski definition) is 2. The van der Waals surface area contributed by atoms with Gasteiger partial charge in [-0.15, -0.1) is 0 Å². The minimum Gasteiger partial charge on any atom is -0.456 e. The van der Waals surface area contributed by atoms with Gasteiger partial charge in [-0.25, -0.2) is 0 Å². The van der Waals surface area contributed by atoms with Gasteiger partial charge in [0.15, 0.2) is 0 Å². The topological polar surface area (TPSA) is 16.4 Å². The van der Waals surface area contributed by atoms with Crippen molar-refractivity contribution in [3.8, 4) is 22.3 Å². The van der Waals surface area contributed by atoms with E-state index in [1.165, 1.54) is 75.9 Å². The first-order valence-electron chi connectivity index (χ1n) is 20.7. The predicted octanol–water partition coefficient (Wildman–Crippen LogP) is 14.8. The van der Waals surface area contributed by atoms with Crippen LogP contribution in [0.4, 0.5) is 17.1 Å². The average molecular weight is 720 g/mol. The van der Waals surface area contributed by atoms with Crippen LogP contribution in [0.5, 0.6) is 0 Å². The molecule has 0 radical (unpaired) electrons. The summed E-state index contributed by atoms with van der Waals surface area (Å²) in [5.41, 5.74) is 14.1. The molecule has 0 aliphatic heterocycles. The highest BCUT2D eigenvalue weighted by molar-refractivity contribution is 6.09. The van der Waals surface area contributed by atoms with E-state index in [1.807, 2.05) is 6.07 Å². The van der Waals surface area contributed by atoms with Gasteiger partial charge in [-0.2, -0.15) is 0 Å². The van der Waals surface area contributed by atoms with Crippen LogP contribution in [-0.2, 0) is 5.41 Å². The highest BCUT2D eigenvalue weighted by Crippen LogP contribution is 2.69. The fourth-order valence-corrected chi connectivity index (χ4v) is 12.6. The second-order valence-electron chi connectivity index (χ2n) is 17.3. The second-order valence-corrected chi connectivity index (χ2v) is 17.3. The summed E-state index contributed by atoms with van der Waals surface area (Å²) in [6.45, 7) is 0. The lowest BCUT2D eigenvalue weighted by atomic mass is 9.43. The van der Waals surface area contributed by atoms with Crippen molar-refractivity contribution < 1.29 is 4.42 Å². The van der Waals surface area contributed by atoms with Crippen LogP contribution in [0.2, 0.25) is 0 Å². The Kier molecular flexibility index (Phi) is 6.37. The fraction of sp³-hybridized carbons (Fsp3) is 0.185. The Balaban J connectivity index is 0.936. The normalized spacial score (nSPS) is 23.1. The molecule has 5 aliphatic rings. The van der Waals surface area contributed by atoms with Gasteiger partial charge in [-0.1, -0.05) is 109 Å². The first kappa shape index (κ1) is 31.1. The molecule has 56 heavy (non-hydrogen) atoms. The van der Waals surface area contributed by atoms with E-state index in [-0.39, 0.29) is 5.41 Å². The summed E-state index contributed by atoms with van der Waals surface area (Å²) >= 11 is 0. The SMILES string of the molecule is c1ccc2c(c1)-c1ccc(-c3ccc(N(c4ccc5c(ccc6ccccc65)c4)c4ccc5c(c4)oc4ccccc45)cc3)cc1C21C2CC3CC(C2)CC1C3. The zero-order chi connectivity index (χ0) is 36.5. The molecule has 0 unspecified atom stereocenters. The molecule has 4 fully saturated rings. The molecule has 1 aromatic heterocycles. The lowest BCUT2D eigenvalue weighted by Crippen LogP contribution is -2.55. The van der Waals surface area contributed by atoms with E-state index in [0.717, 1.165) is 62.7 Å². The molecule has 1 spiro atoms. The molecule has 14 rings (SSSR count). The highest BCUT2D eigenvalue weighted by atomic mass is 16.3. The Hall–Kier alpha value is -6.12. The van der Waals surface area contributed by atoms with Gasteiger partial charge in [0.05, 0.1) is 0 Å². The van der Waals surface area contributed by atoms with Crippen LogP contribution in [-0.4, -0.2) is 0 Å². The van der Waals surface area contributed by atoms with Crippen LogP contribution in [0.1, 0.15) is 43.2 Å². The van der Waals surface area contributed by atoms with Gasteiger partial charge < -0.3 is 9.32 Å². The quantitative estimate of drug-likeness (QED) is 0.168. The largest absolute Gasteiger partial charge is 0.456 e. The van der Waals surface area contributed by atoms with Crippen molar-refractivity contribution in [3.05, 3.63) is 175 Å². The first-order chi connectivity index (χ1) is 27.7. The summed E-state index contributed by atoms with van der Waals surface area (Å²) in [7, 11) is 0. The summed E-state index contributed by atoms with van der Waals surface area (Å²) < 4.78 is 6.43. The zero-order valence-corrected chi connectivity index (χ0v) is 31.3. The number of rotatable bonds is 4. The first-order valence-corrected chi connectivity index (χ1v) is 20.7. The molecule has 2 nitrogen and oxygen atoms in total. The van der Waals surface area contributed by atoms with Crippen molar-refractivity contribution in [1.82, 2.24) is 0 Å². The number of furan rings is 1. The molecule has 5 aliphatic carbocycles. The fourth-order valence-electron chi connectivity index (χ4n) is 12.6. The standard InChI is InChI=1S/C54H41NO/c1-2-8-44-36(7-1)13-14-38-30-42(20-23-45(38)44)55(43-21-24-49-48-10-4-6-12-52(48)56-53(49)32-43)41-18-15-35(16-19-41)37-17-22-47-46-9-3-5-11-50(46)54(51(47)31-37)39-26-33-25-34(28-39)29-40(54)27-33/h1-24,30-34,39-40H,25-29H2. The maximum Gasteiger partial charge on any atom is 0.137 e. The summed E-state index contributed by atoms with van der Waals surface area (Å²) in [5, 5.41) is 7.33. The number of para-hydroxylation sites is 1. The summed E-state index contributed by atoms with van der Waals surface area (Å²) in [6, 6.07) is 61.2. The third kappa shape index (κ3) is 4.28. The Bertz CT molecular complexity index is 3030. The number of nitrogens with zero attached hydrogens (tertiary/aromatic N) is 1. The summed E-state index contributed by atoms with van der Waals surface area (Å²) in [6.07, 6.45) is 7.09. The molecule has 1 heterocycles. The third-order valence-electron chi connectivity index (χ3n) is 14.6. The molecule has 268 valence electrons. The molecule has 4 bridgehead atoms. The van der Waals surface area contributed by atoms with E-state index in [4.69, 9.17) is 4.42 Å². The van der Waals surface area contributed by atoms with Crippen LogP contribution in [0.3, 0.4) is 0 Å². The molecule has 9 aromatic rings. The Morgan fingerprint density at radius 2 is 1.02 bits per heavy atom. The molecular formula is C54H41NO. The van der Waals surface area contributed by atoms with Crippen LogP contribution in [0.15, 0.2) is 168 Å². The van der Waals surface area contributed by atoms with Gasteiger partial charge in [-0.3, -0.25) is 0 Å². The second kappa shape index (κ2) is 11.5. The van der Waals surface area contributed by atoms with E-state index in [1.54, 1.807) is 11.1 Å². The molecule has 0 amide bonds. The van der Waals surface area contributed by atoms with Crippen molar-refractivity contribution >= 4 is 60.5 Å². The molecule has 0 saturated heterocycles. The van der Waals surface area contributed by atoms with Crippen LogP contribution >= 0.6 is 0 Å². The molecule has 2 heteroatoms. The smallest absolute Gasteiger partial charge is 0.137 e. The minimum atomic E-state index is 0.169. The van der Waals surface area contributed by atoms with E-state index in [0.29, 0.717) is 0 Å². The van der Waals surface area contributed by atoms with Gasteiger partial charge in [0, 0.05) is 39.3 Å². The predicted molar refractivity (Wildman–Crippen MR) is 232 cm³/mol. The van der Waals surface area contributed by atoms with Crippen molar-refractivity contribution in [2.75, 3.05) is 4.90 Å². The molecule has 0 N–H and O–H groups in total. The van der Waals surface area contributed by atoms with Gasteiger partial charge in [-0.05, 0) is 159 Å². The van der Waals surface area contributed by atoms with E-state index < -0.39 is 0 Å². The van der Waals surface area contributed by atoms with Crippen molar-refractivity contribution in [3.63, 3.8) is 0 Å². The monoisotopic (exact) mass is 719 g/mol. The molecule has 4 saturated carbocycles. The van der Waals surface area contributed by atoms with Crippen molar-refractivity contribution in [2.24, 2.45) is 23.7 Å². The van der Waals surface area contributed by atoms with Gasteiger partial charge >= 0.3 is 0 Å². The van der Waals surface area contributed by atoms with Gasteiger partial charge in [0.1, 0.15) is 11.2 Å². The summed E-state index contributed by atoms with van der Waals surface area (Å²) in [5.74, 6) is 3.40. The lowest BCUT2D eigenvalue weighted by Gasteiger charge is -2.61. The number of hydrogen-bond donors (Lipinski definition) is 0. The van der Waals surface area contributed by atoms with Crippen molar-refractivity contribution in [2.45, 2.75) is 37.5 Å². The number of benzene rings is 8. The number of anilines is 3. The maximum atomic E-state index is 6.43. The Labute approximate surface area is 327 Å². The van der Waals surface area contributed by atoms with Crippen molar-refractivity contribution in [1.29, 1.82) is 0 Å². The lowest BCUT2D eigenvalue weighted by molar-refractivity contribution is -0.0399. The minimum absolute atomic E-state index is 0.169. The Morgan fingerprint density at radius 1 is 0.411 bits per heavy atom. The van der Waals surface area contributed by atoms with Crippen LogP contribution in [0.25, 0.3) is 65.7 Å². The highest BCUT2D eigenvalue weighted by Gasteiger charge is 2.61. The number of fused-ring (bicyclic) bond motifs is 9. The molecule has 8 aromatic carbocycles. The van der Waals surface area contributed by atoms with E-state index in [2.05, 4.69) is 163 Å². The third-order valence-corrected chi connectivity index (χ3v) is 14.6. The van der Waals surface area contributed by atoms with Gasteiger partial charge in [0.2, 0.25) is 0 Å². The molecular weight excluding hydrogens is 679 g/mol. The van der Waals surface area contributed by atoms with E-state index in [9.17, 15) is 0 Å². The zero-order valence-electron chi connectivity index (χ0n) is 31.3. The van der Waals surface area contributed by atoms with E-state index >= 15 is 0 Å². The Morgan fingerprint density at radius 3 is 1.86 bits per heavy atom. The molecule has 0 atom stereocenters. The summed E-state index contributed by atoms with van der Waals surface area (Å²) in [4.78, 5) is 2.38.